The molecule has 0 saturated carbocycles. The third kappa shape index (κ3) is 2.43. The molecule has 0 spiro atoms. The first-order valence-corrected chi connectivity index (χ1v) is 7.61. The monoisotopic (exact) mass is 330 g/mol. The van der Waals surface area contributed by atoms with E-state index >= 15 is 0 Å². The van der Waals surface area contributed by atoms with Crippen LogP contribution in [0.4, 0.5) is 4.79 Å². The quantitative estimate of drug-likeness (QED) is 0.893. The summed E-state index contributed by atoms with van der Waals surface area (Å²) in [5.74, 6) is 0.108. The largest absolute Gasteiger partial charge is 0.508 e. The van der Waals surface area contributed by atoms with E-state index in [1.54, 1.807) is 15.9 Å². The predicted octanol–water partition coefficient (Wildman–Crippen LogP) is 2.28. The van der Waals surface area contributed by atoms with Gasteiger partial charge in [-0.2, -0.15) is 0 Å². The van der Waals surface area contributed by atoms with Gasteiger partial charge in [-0.15, -0.1) is 0 Å². The zero-order valence-corrected chi connectivity index (χ0v) is 12.8. The minimum absolute atomic E-state index is 0.0126. The molecule has 2 atom stereocenters. The number of carbonyl (C=O) groups excluding carboxylic acids is 1. The van der Waals surface area contributed by atoms with Gasteiger partial charge < -0.3 is 20.0 Å². The molecular formula is C14H16Cl2N2O3. The van der Waals surface area contributed by atoms with Crippen LogP contribution in [0.1, 0.15) is 17.9 Å². The van der Waals surface area contributed by atoms with Crippen LogP contribution in [-0.4, -0.2) is 58.3 Å². The maximum absolute atomic E-state index is 12.2. The van der Waals surface area contributed by atoms with Crippen LogP contribution in [0, 0.1) is 0 Å². The Morgan fingerprint density at radius 1 is 1.29 bits per heavy atom. The third-order valence-corrected chi connectivity index (χ3v) is 5.07. The highest BCUT2D eigenvalue weighted by molar-refractivity contribution is 6.42. The van der Waals surface area contributed by atoms with Crippen LogP contribution in [0.25, 0.3) is 0 Å². The van der Waals surface area contributed by atoms with Crippen LogP contribution in [0.3, 0.4) is 0 Å². The van der Waals surface area contributed by atoms with Gasteiger partial charge in [0.1, 0.15) is 5.75 Å². The Labute approximate surface area is 132 Å². The van der Waals surface area contributed by atoms with E-state index in [-0.39, 0.29) is 30.3 Å². The van der Waals surface area contributed by atoms with Crippen LogP contribution < -0.4 is 0 Å². The summed E-state index contributed by atoms with van der Waals surface area (Å²) in [6.45, 7) is 1.45. The fourth-order valence-electron chi connectivity index (χ4n) is 3.30. The lowest BCUT2D eigenvalue weighted by Crippen LogP contribution is -2.34. The summed E-state index contributed by atoms with van der Waals surface area (Å²) >= 11 is 12.2. The normalized spacial score (nSPS) is 24.8. The maximum Gasteiger partial charge on any atom is 0.320 e. The minimum Gasteiger partial charge on any atom is -0.508 e. The number of aromatic hydroxyl groups is 1. The van der Waals surface area contributed by atoms with Gasteiger partial charge in [-0.1, -0.05) is 23.2 Å². The lowest BCUT2D eigenvalue weighted by molar-refractivity contribution is 0.179. The molecule has 3 rings (SSSR count). The van der Waals surface area contributed by atoms with E-state index < -0.39 is 0 Å². The van der Waals surface area contributed by atoms with Crippen molar-refractivity contribution in [2.45, 2.75) is 18.4 Å². The molecule has 114 valence electrons. The van der Waals surface area contributed by atoms with Crippen molar-refractivity contribution in [3.8, 4) is 5.75 Å². The van der Waals surface area contributed by atoms with E-state index in [4.69, 9.17) is 28.3 Å². The summed E-state index contributed by atoms with van der Waals surface area (Å²) in [6.07, 6.45) is 0.737. The number of β-amino-alcohol motifs (C(OH)–C–C–N with tert-alkyl or cyclic N) is 1. The van der Waals surface area contributed by atoms with Crippen molar-refractivity contribution in [1.29, 1.82) is 0 Å². The Kier molecular flexibility index (Phi) is 3.90. The van der Waals surface area contributed by atoms with Crippen molar-refractivity contribution >= 4 is 29.2 Å². The van der Waals surface area contributed by atoms with Crippen molar-refractivity contribution in [3.63, 3.8) is 0 Å². The van der Waals surface area contributed by atoms with Gasteiger partial charge >= 0.3 is 6.03 Å². The highest BCUT2D eigenvalue weighted by atomic mass is 35.5. The minimum atomic E-state index is -0.0609. The number of phenolic OH excluding ortho intramolecular Hbond substituents is 1. The number of carbonyl (C=O) groups is 1. The van der Waals surface area contributed by atoms with Gasteiger partial charge in [0.2, 0.25) is 0 Å². The number of nitrogens with zero attached hydrogens (tertiary/aromatic N) is 2. The number of halogens is 2. The number of aliphatic hydroxyl groups excluding tert-OH is 1. The van der Waals surface area contributed by atoms with Gasteiger partial charge in [-0.05, 0) is 18.6 Å². The molecule has 2 heterocycles. The molecule has 0 radical (unpaired) electrons. The lowest BCUT2D eigenvalue weighted by Gasteiger charge is -2.19. The first kappa shape index (κ1) is 14.8. The van der Waals surface area contributed by atoms with E-state index in [9.17, 15) is 9.90 Å². The number of urea groups is 1. The number of phenols is 1. The number of aliphatic hydroxyl groups is 1. The molecule has 2 saturated heterocycles. The third-order valence-electron chi connectivity index (χ3n) is 4.25. The van der Waals surface area contributed by atoms with Gasteiger partial charge in [-0.25, -0.2) is 4.79 Å². The molecule has 2 N–H and O–H groups in total. The smallest absolute Gasteiger partial charge is 0.320 e. The van der Waals surface area contributed by atoms with Crippen molar-refractivity contribution < 1.29 is 15.0 Å². The fourth-order valence-corrected chi connectivity index (χ4v) is 3.78. The Morgan fingerprint density at radius 2 is 2.05 bits per heavy atom. The van der Waals surface area contributed by atoms with Gasteiger partial charge in [0, 0.05) is 31.1 Å². The van der Waals surface area contributed by atoms with Crippen LogP contribution in [0.15, 0.2) is 12.1 Å². The number of rotatable bonds is 3. The fraction of sp³-hybridized carbons (Fsp3) is 0.500. The van der Waals surface area contributed by atoms with E-state index in [0.717, 1.165) is 6.42 Å². The predicted molar refractivity (Wildman–Crippen MR) is 80.0 cm³/mol. The second kappa shape index (κ2) is 5.55. The summed E-state index contributed by atoms with van der Waals surface area (Å²) < 4.78 is 0. The number of fused-ring (bicyclic) bond motifs is 1. The summed E-state index contributed by atoms with van der Waals surface area (Å²) in [6, 6.07) is 3.14. The summed E-state index contributed by atoms with van der Waals surface area (Å²) in [7, 11) is 0. The molecule has 0 bridgehead atoms. The van der Waals surface area contributed by atoms with E-state index in [1.807, 2.05) is 0 Å². The van der Waals surface area contributed by atoms with Crippen molar-refractivity contribution in [3.05, 3.63) is 27.7 Å². The lowest BCUT2D eigenvalue weighted by atomic mass is 9.95. The maximum atomic E-state index is 12.2. The van der Waals surface area contributed by atoms with Crippen LogP contribution in [0.2, 0.25) is 10.0 Å². The highest BCUT2D eigenvalue weighted by Crippen LogP contribution is 2.44. The molecule has 1 aromatic rings. The molecule has 21 heavy (non-hydrogen) atoms. The van der Waals surface area contributed by atoms with Crippen molar-refractivity contribution in [2.75, 3.05) is 26.2 Å². The zero-order valence-electron chi connectivity index (χ0n) is 11.3. The molecular weight excluding hydrogens is 315 g/mol. The van der Waals surface area contributed by atoms with Crippen molar-refractivity contribution in [2.24, 2.45) is 0 Å². The molecule has 5 nitrogen and oxygen atoms in total. The Hall–Kier alpha value is -1.17. The molecule has 0 aromatic heterocycles. The summed E-state index contributed by atoms with van der Waals surface area (Å²) in [5.41, 5.74) is 0.625. The van der Waals surface area contributed by atoms with Gasteiger partial charge in [-0.3, -0.25) is 0 Å². The average molecular weight is 331 g/mol. The number of hydrogen-bond acceptors (Lipinski definition) is 3. The molecule has 2 amide bonds. The average Bonchev–Trinajstić information content (AvgIpc) is 2.96. The highest BCUT2D eigenvalue weighted by Gasteiger charge is 2.45. The molecule has 0 aliphatic carbocycles. The van der Waals surface area contributed by atoms with Gasteiger partial charge in [0.05, 0.1) is 22.7 Å². The first-order valence-electron chi connectivity index (χ1n) is 6.86. The Bertz CT molecular complexity index is 582. The van der Waals surface area contributed by atoms with Gasteiger partial charge in [0.15, 0.2) is 0 Å². The Morgan fingerprint density at radius 3 is 2.71 bits per heavy atom. The number of hydrogen-bond donors (Lipinski definition) is 2. The molecule has 1 aromatic carbocycles. The second-order valence-electron chi connectivity index (χ2n) is 5.49. The SMILES string of the molecule is O=C1N(CCO)C[C@@H]2C[C@H](c3c(O)ccc(Cl)c3Cl)CN12. The first-order chi connectivity index (χ1) is 10.0. The number of amides is 2. The number of benzene rings is 1. The van der Waals surface area contributed by atoms with Gasteiger partial charge in [0.25, 0.3) is 0 Å². The summed E-state index contributed by atoms with van der Waals surface area (Å²) in [4.78, 5) is 15.7. The molecule has 2 aliphatic heterocycles. The van der Waals surface area contributed by atoms with E-state index in [0.29, 0.717) is 35.2 Å². The molecule has 7 heteroatoms. The Balaban J connectivity index is 1.82. The zero-order chi connectivity index (χ0) is 15.1. The molecule has 2 aliphatic rings. The van der Waals surface area contributed by atoms with Crippen molar-refractivity contribution in [1.82, 2.24) is 9.80 Å². The topological polar surface area (TPSA) is 64.0 Å². The second-order valence-corrected chi connectivity index (χ2v) is 6.27. The summed E-state index contributed by atoms with van der Waals surface area (Å²) in [5, 5.41) is 19.8. The van der Waals surface area contributed by atoms with E-state index in [2.05, 4.69) is 0 Å². The molecule has 0 unspecified atom stereocenters. The van der Waals surface area contributed by atoms with Crippen LogP contribution in [0.5, 0.6) is 5.75 Å². The van der Waals surface area contributed by atoms with E-state index in [1.165, 1.54) is 6.07 Å². The van der Waals surface area contributed by atoms with Crippen LogP contribution >= 0.6 is 23.2 Å². The van der Waals surface area contributed by atoms with Crippen LogP contribution in [-0.2, 0) is 0 Å². The molecule has 2 fully saturated rings. The standard InChI is InChI=1S/C14H16Cl2N2O3/c15-10-1-2-11(20)12(13(10)16)8-5-9-7-17(3-4-19)14(21)18(9)6-8/h1-2,8-9,19-20H,3-7H2/t8-,9-/m0/s1.